The van der Waals surface area contributed by atoms with Gasteiger partial charge in [0.1, 0.15) is 29.9 Å². The monoisotopic (exact) mass is 521 g/mol. The number of carbonyl (C=O) groups is 1. The van der Waals surface area contributed by atoms with Crippen molar-refractivity contribution >= 4 is 34.0 Å². The van der Waals surface area contributed by atoms with Crippen molar-refractivity contribution in [2.75, 3.05) is 18.9 Å². The van der Waals surface area contributed by atoms with Crippen LogP contribution >= 0.6 is 0 Å². The van der Waals surface area contributed by atoms with Gasteiger partial charge >= 0.3 is 0 Å². The zero-order valence-corrected chi connectivity index (χ0v) is 21.6. The van der Waals surface area contributed by atoms with Crippen LogP contribution in [0.4, 0.5) is 11.5 Å². The number of nitrogens with one attached hydrogen (secondary N) is 2. The predicted octanol–water partition coefficient (Wildman–Crippen LogP) is 4.09. The van der Waals surface area contributed by atoms with E-state index in [2.05, 4.69) is 53.4 Å². The number of amides is 1. The Labute approximate surface area is 224 Å². The average Bonchev–Trinajstić information content (AvgIpc) is 3.56. The minimum Gasteiger partial charge on any atom is -0.455 e. The van der Waals surface area contributed by atoms with Gasteiger partial charge in [-0.3, -0.25) is 9.69 Å². The average molecular weight is 522 g/mol. The van der Waals surface area contributed by atoms with Gasteiger partial charge in [-0.1, -0.05) is 12.6 Å². The number of hydrogen-bond acceptors (Lipinski definition) is 9. The van der Waals surface area contributed by atoms with E-state index < -0.39 is 5.66 Å². The minimum atomic E-state index is -0.619. The summed E-state index contributed by atoms with van der Waals surface area (Å²) >= 11 is 0. The number of aromatic nitrogens is 6. The lowest BCUT2D eigenvalue weighted by atomic mass is 9.94. The molecular weight excluding hydrogens is 494 g/mol. The molecule has 5 aromatic rings. The molecule has 3 aromatic heterocycles. The van der Waals surface area contributed by atoms with Gasteiger partial charge in [-0.2, -0.15) is 5.10 Å². The Kier molecular flexibility index (Phi) is 6.12. The largest absolute Gasteiger partial charge is 0.455 e. The summed E-state index contributed by atoms with van der Waals surface area (Å²) in [7, 11) is 2.02. The van der Waals surface area contributed by atoms with Crippen molar-refractivity contribution in [1.29, 1.82) is 0 Å². The lowest BCUT2D eigenvalue weighted by Crippen LogP contribution is -2.52. The third kappa shape index (κ3) is 4.53. The third-order valence-corrected chi connectivity index (χ3v) is 7.11. The summed E-state index contributed by atoms with van der Waals surface area (Å²) in [6.07, 6.45) is 7.78. The molecule has 0 radical (unpaired) electrons. The van der Waals surface area contributed by atoms with Crippen LogP contribution in [0, 0.1) is 6.92 Å². The fourth-order valence-electron chi connectivity index (χ4n) is 5.08. The molecule has 0 aliphatic carbocycles. The van der Waals surface area contributed by atoms with E-state index in [1.54, 1.807) is 23.1 Å². The van der Waals surface area contributed by atoms with Gasteiger partial charge in [-0.15, -0.1) is 10.2 Å². The number of aryl methyl sites for hydroxylation is 1. The van der Waals surface area contributed by atoms with E-state index in [4.69, 9.17) is 4.74 Å². The van der Waals surface area contributed by atoms with Crippen LogP contribution in [0.2, 0.25) is 0 Å². The van der Waals surface area contributed by atoms with Gasteiger partial charge in [-0.25, -0.2) is 14.5 Å². The van der Waals surface area contributed by atoms with E-state index in [-0.39, 0.29) is 5.91 Å². The van der Waals surface area contributed by atoms with Crippen molar-refractivity contribution in [3.05, 3.63) is 85.1 Å². The molecule has 11 nitrogen and oxygen atoms in total. The molecule has 6 rings (SSSR count). The molecule has 4 heterocycles. The van der Waals surface area contributed by atoms with Gasteiger partial charge < -0.3 is 15.4 Å². The zero-order valence-electron chi connectivity index (χ0n) is 21.6. The van der Waals surface area contributed by atoms with Crippen molar-refractivity contribution in [3.8, 4) is 11.5 Å². The highest BCUT2D eigenvalue weighted by Gasteiger charge is 2.41. The summed E-state index contributed by atoms with van der Waals surface area (Å²) in [5.41, 5.74) is 3.54. The Morgan fingerprint density at radius 1 is 1.18 bits per heavy atom. The maximum atomic E-state index is 12.4. The van der Waals surface area contributed by atoms with Crippen LogP contribution < -0.4 is 15.4 Å². The summed E-state index contributed by atoms with van der Waals surface area (Å²) in [5.74, 6) is 1.73. The normalized spacial score (nSPS) is 17.4. The molecule has 1 saturated heterocycles. The van der Waals surface area contributed by atoms with Crippen LogP contribution in [-0.2, 0) is 10.5 Å². The fourth-order valence-corrected chi connectivity index (χ4v) is 5.08. The van der Waals surface area contributed by atoms with Crippen LogP contribution in [0.15, 0.2) is 74.0 Å². The van der Waals surface area contributed by atoms with Crippen LogP contribution in [0.5, 0.6) is 11.5 Å². The molecule has 0 spiro atoms. The maximum absolute atomic E-state index is 12.4. The number of benzene rings is 2. The number of ether oxygens (including phenoxy) is 1. The molecule has 1 amide bonds. The molecule has 2 aromatic carbocycles. The van der Waals surface area contributed by atoms with E-state index >= 15 is 0 Å². The van der Waals surface area contributed by atoms with E-state index in [9.17, 15) is 4.79 Å². The first-order chi connectivity index (χ1) is 18.9. The minimum absolute atomic E-state index is 0.207. The second-order valence-corrected chi connectivity index (χ2v) is 9.57. The van der Waals surface area contributed by atoms with Crippen molar-refractivity contribution < 1.29 is 9.53 Å². The molecule has 0 saturated carbocycles. The third-order valence-electron chi connectivity index (χ3n) is 7.11. The molecule has 0 bridgehead atoms. The van der Waals surface area contributed by atoms with Gasteiger partial charge in [0.15, 0.2) is 11.4 Å². The SMILES string of the molecule is C=CC(=O)N[C@]1(c2ccc3ncnc(Nc4ccc(Oc5cnn6cnnc6c5)c(C)c4)c3c2)CCCN1C. The molecule has 1 aliphatic heterocycles. The van der Waals surface area contributed by atoms with E-state index in [1.807, 2.05) is 44.3 Å². The molecule has 196 valence electrons. The molecule has 1 aliphatic rings. The lowest BCUT2D eigenvalue weighted by Gasteiger charge is -2.37. The smallest absolute Gasteiger partial charge is 0.245 e. The molecule has 2 N–H and O–H groups in total. The Bertz CT molecular complexity index is 1720. The van der Waals surface area contributed by atoms with Crippen LogP contribution in [0.1, 0.15) is 24.0 Å². The maximum Gasteiger partial charge on any atom is 0.245 e. The number of anilines is 2. The van der Waals surface area contributed by atoms with Gasteiger partial charge in [0.05, 0.1) is 11.7 Å². The standard InChI is InChI=1S/C28H27N9O2/c1-4-26(38)34-28(10-5-11-36(28)3)19-6-8-23-22(13-19)27(30-16-29-23)33-20-7-9-24(18(2)12-20)39-21-14-25-35-31-17-37(25)32-15-21/h4,6-9,12-17H,1,5,10-11H2,2-3H3,(H,34,38)(H,29,30,33)/t28-/m1/s1. The quantitative estimate of drug-likeness (QED) is 0.305. The second kappa shape index (κ2) is 9.76. The van der Waals surface area contributed by atoms with Crippen molar-refractivity contribution in [2.24, 2.45) is 0 Å². The van der Waals surface area contributed by atoms with Crippen LogP contribution in [0.25, 0.3) is 16.6 Å². The number of hydrogen-bond donors (Lipinski definition) is 2. The predicted molar refractivity (Wildman–Crippen MR) is 147 cm³/mol. The van der Waals surface area contributed by atoms with Gasteiger partial charge in [-0.05, 0) is 74.3 Å². The van der Waals surface area contributed by atoms with Gasteiger partial charge in [0.25, 0.3) is 0 Å². The molecule has 1 atom stereocenters. The molecule has 11 heteroatoms. The number of nitrogens with zero attached hydrogens (tertiary/aromatic N) is 7. The summed E-state index contributed by atoms with van der Waals surface area (Å²) in [5, 5.41) is 19.5. The summed E-state index contributed by atoms with van der Waals surface area (Å²) in [6, 6.07) is 13.6. The second-order valence-electron chi connectivity index (χ2n) is 9.57. The first-order valence-electron chi connectivity index (χ1n) is 12.6. The van der Waals surface area contributed by atoms with E-state index in [0.717, 1.165) is 47.1 Å². The summed E-state index contributed by atoms with van der Waals surface area (Å²) in [4.78, 5) is 23.5. The first-order valence-corrected chi connectivity index (χ1v) is 12.6. The van der Waals surface area contributed by atoms with E-state index in [0.29, 0.717) is 23.0 Å². The van der Waals surface area contributed by atoms with Crippen LogP contribution in [-0.4, -0.2) is 54.2 Å². The Morgan fingerprint density at radius 2 is 2.08 bits per heavy atom. The topological polar surface area (TPSA) is 122 Å². The highest BCUT2D eigenvalue weighted by Crippen LogP contribution is 2.38. The first kappa shape index (κ1) is 24.4. The Hall–Kier alpha value is -4.90. The highest BCUT2D eigenvalue weighted by atomic mass is 16.5. The molecule has 1 fully saturated rings. The Morgan fingerprint density at radius 3 is 2.87 bits per heavy atom. The lowest BCUT2D eigenvalue weighted by molar-refractivity contribution is -0.120. The van der Waals surface area contributed by atoms with E-state index in [1.165, 1.54) is 12.4 Å². The van der Waals surface area contributed by atoms with Crippen molar-refractivity contribution in [2.45, 2.75) is 25.4 Å². The van der Waals surface area contributed by atoms with Crippen molar-refractivity contribution in [1.82, 2.24) is 40.0 Å². The molecule has 39 heavy (non-hydrogen) atoms. The van der Waals surface area contributed by atoms with Crippen molar-refractivity contribution in [3.63, 3.8) is 0 Å². The number of rotatable bonds is 7. The fraction of sp³-hybridized carbons (Fsp3) is 0.214. The highest BCUT2D eigenvalue weighted by molar-refractivity contribution is 5.92. The van der Waals surface area contributed by atoms with Gasteiger partial charge in [0.2, 0.25) is 5.91 Å². The number of fused-ring (bicyclic) bond motifs is 2. The van der Waals surface area contributed by atoms with Crippen LogP contribution in [0.3, 0.4) is 0 Å². The Balaban J connectivity index is 1.30. The summed E-state index contributed by atoms with van der Waals surface area (Å²) < 4.78 is 7.63. The number of carbonyl (C=O) groups excluding carboxylic acids is 1. The molecular formula is C28H27N9O2. The van der Waals surface area contributed by atoms with Gasteiger partial charge in [0, 0.05) is 23.7 Å². The summed E-state index contributed by atoms with van der Waals surface area (Å²) in [6.45, 7) is 6.48. The zero-order chi connectivity index (χ0) is 27.0. The number of likely N-dealkylation sites (tertiary alicyclic amines) is 1. The molecule has 0 unspecified atom stereocenters.